The maximum Gasteiger partial charge on any atom is 0.344 e. The average Bonchev–Trinajstić information content (AvgIpc) is 2.53. The van der Waals surface area contributed by atoms with E-state index in [2.05, 4.69) is 5.32 Å². The van der Waals surface area contributed by atoms with Gasteiger partial charge in [-0.3, -0.25) is 4.79 Å². The minimum Gasteiger partial charge on any atom is -0.482 e. The van der Waals surface area contributed by atoms with Crippen LogP contribution >= 0.6 is 0 Å². The Morgan fingerprint density at radius 3 is 2.52 bits per heavy atom. The predicted octanol–water partition coefficient (Wildman–Crippen LogP) is 2.86. The van der Waals surface area contributed by atoms with Crippen molar-refractivity contribution in [3.05, 3.63) is 59.7 Å². The van der Waals surface area contributed by atoms with Crippen molar-refractivity contribution in [3.8, 4) is 5.75 Å². The van der Waals surface area contributed by atoms with Crippen LogP contribution in [0.1, 0.15) is 11.1 Å². The number of anilines is 1. The predicted molar refractivity (Wildman–Crippen MR) is 87.4 cm³/mol. The van der Waals surface area contributed by atoms with Crippen molar-refractivity contribution in [1.29, 1.82) is 0 Å². The van der Waals surface area contributed by atoms with E-state index < -0.39 is 5.97 Å². The zero-order valence-corrected chi connectivity index (χ0v) is 13.2. The van der Waals surface area contributed by atoms with Crippen LogP contribution in [0.2, 0.25) is 0 Å². The molecule has 2 aromatic rings. The number of hydrogen-bond acceptors (Lipinski definition) is 4. The molecule has 0 aromatic heterocycles. The Hall–Kier alpha value is -2.82. The highest BCUT2D eigenvalue weighted by Gasteiger charge is 2.09. The van der Waals surface area contributed by atoms with Gasteiger partial charge in [0.2, 0.25) is 0 Å². The number of ether oxygens (including phenoxy) is 2. The molecule has 1 amide bonds. The summed E-state index contributed by atoms with van der Waals surface area (Å²) in [5.41, 5.74) is 2.67. The van der Waals surface area contributed by atoms with Crippen LogP contribution in [-0.4, -0.2) is 25.1 Å². The largest absolute Gasteiger partial charge is 0.482 e. The van der Waals surface area contributed by atoms with Gasteiger partial charge in [-0.1, -0.05) is 30.3 Å². The normalized spacial score (nSPS) is 10.0. The van der Waals surface area contributed by atoms with Crippen molar-refractivity contribution in [2.45, 2.75) is 13.8 Å². The molecule has 0 unspecified atom stereocenters. The number of carbonyl (C=O) groups is 2. The first-order chi connectivity index (χ1) is 11.0. The van der Waals surface area contributed by atoms with Crippen LogP contribution in [0.3, 0.4) is 0 Å². The summed E-state index contributed by atoms with van der Waals surface area (Å²) in [6.07, 6.45) is 0. The van der Waals surface area contributed by atoms with Gasteiger partial charge < -0.3 is 14.8 Å². The van der Waals surface area contributed by atoms with Gasteiger partial charge in [0.25, 0.3) is 5.91 Å². The maximum atomic E-state index is 11.8. The zero-order valence-electron chi connectivity index (χ0n) is 13.2. The molecule has 0 atom stereocenters. The summed E-state index contributed by atoms with van der Waals surface area (Å²) in [5, 5.41) is 2.69. The van der Waals surface area contributed by atoms with E-state index >= 15 is 0 Å². The molecule has 0 fully saturated rings. The third kappa shape index (κ3) is 5.47. The highest BCUT2D eigenvalue weighted by Crippen LogP contribution is 2.13. The van der Waals surface area contributed by atoms with Crippen molar-refractivity contribution < 1.29 is 19.1 Å². The Kier molecular flexibility index (Phi) is 5.74. The second-order valence-corrected chi connectivity index (χ2v) is 5.13. The van der Waals surface area contributed by atoms with Crippen LogP contribution < -0.4 is 10.1 Å². The molecular weight excluding hydrogens is 294 g/mol. The maximum absolute atomic E-state index is 11.8. The van der Waals surface area contributed by atoms with Crippen molar-refractivity contribution in [3.63, 3.8) is 0 Å². The van der Waals surface area contributed by atoms with Gasteiger partial charge >= 0.3 is 5.97 Å². The minimum absolute atomic E-state index is 0.235. The van der Waals surface area contributed by atoms with E-state index in [9.17, 15) is 9.59 Å². The Morgan fingerprint density at radius 2 is 1.78 bits per heavy atom. The molecule has 5 heteroatoms. The number of rotatable bonds is 6. The van der Waals surface area contributed by atoms with E-state index in [1.807, 2.05) is 50.2 Å². The monoisotopic (exact) mass is 313 g/mol. The van der Waals surface area contributed by atoms with E-state index in [0.29, 0.717) is 11.4 Å². The molecule has 1 N–H and O–H groups in total. The molecule has 23 heavy (non-hydrogen) atoms. The molecule has 2 rings (SSSR count). The fourth-order valence-corrected chi connectivity index (χ4v) is 1.93. The van der Waals surface area contributed by atoms with Gasteiger partial charge in [0.1, 0.15) is 5.75 Å². The number of para-hydroxylation sites is 1. The SMILES string of the molecule is Cc1cccc(OCC(=O)OCC(=O)Nc2ccccc2C)c1. The Balaban J connectivity index is 1.74. The quantitative estimate of drug-likeness (QED) is 0.833. The summed E-state index contributed by atoms with van der Waals surface area (Å²) in [7, 11) is 0. The zero-order chi connectivity index (χ0) is 16.7. The van der Waals surface area contributed by atoms with Gasteiger partial charge in [-0.2, -0.15) is 0 Å². The van der Waals surface area contributed by atoms with E-state index in [1.165, 1.54) is 0 Å². The minimum atomic E-state index is -0.591. The van der Waals surface area contributed by atoms with Crippen LogP contribution in [0.5, 0.6) is 5.75 Å². The smallest absolute Gasteiger partial charge is 0.344 e. The summed E-state index contributed by atoms with van der Waals surface area (Å²) in [6, 6.07) is 14.7. The Morgan fingerprint density at radius 1 is 1.00 bits per heavy atom. The Bertz CT molecular complexity index is 697. The first-order valence-electron chi connectivity index (χ1n) is 7.25. The van der Waals surface area contributed by atoms with Gasteiger partial charge in [-0.15, -0.1) is 0 Å². The van der Waals surface area contributed by atoms with Crippen LogP contribution in [0, 0.1) is 13.8 Å². The number of hydrogen-bond donors (Lipinski definition) is 1. The third-order valence-corrected chi connectivity index (χ3v) is 3.13. The molecule has 2 aromatic carbocycles. The molecule has 0 saturated heterocycles. The fourth-order valence-electron chi connectivity index (χ4n) is 1.93. The van der Waals surface area contributed by atoms with Crippen LogP contribution in [0.15, 0.2) is 48.5 Å². The lowest BCUT2D eigenvalue weighted by Crippen LogP contribution is -2.23. The second kappa shape index (κ2) is 7.98. The lowest BCUT2D eigenvalue weighted by molar-refractivity contribution is -0.149. The number of carbonyl (C=O) groups excluding carboxylic acids is 2. The lowest BCUT2D eigenvalue weighted by Gasteiger charge is -2.09. The van der Waals surface area contributed by atoms with Crippen molar-refractivity contribution >= 4 is 17.6 Å². The van der Waals surface area contributed by atoms with Gasteiger partial charge in [-0.05, 0) is 43.2 Å². The molecule has 0 bridgehead atoms. The van der Waals surface area contributed by atoms with Crippen LogP contribution in [-0.2, 0) is 14.3 Å². The number of amides is 1. The summed E-state index contributed by atoms with van der Waals surface area (Å²) in [5.74, 6) is -0.388. The highest BCUT2D eigenvalue weighted by molar-refractivity contribution is 5.93. The van der Waals surface area contributed by atoms with Crippen molar-refractivity contribution in [2.24, 2.45) is 0 Å². The van der Waals surface area contributed by atoms with Crippen LogP contribution in [0.4, 0.5) is 5.69 Å². The van der Waals surface area contributed by atoms with Gasteiger partial charge in [0, 0.05) is 5.69 Å². The third-order valence-electron chi connectivity index (χ3n) is 3.13. The standard InChI is InChI=1S/C18H19NO4/c1-13-6-5-8-15(10-13)22-12-18(21)23-11-17(20)19-16-9-4-3-7-14(16)2/h3-10H,11-12H2,1-2H3,(H,19,20). The summed E-state index contributed by atoms with van der Waals surface area (Å²) in [4.78, 5) is 23.4. The van der Waals surface area contributed by atoms with E-state index in [4.69, 9.17) is 9.47 Å². The average molecular weight is 313 g/mol. The molecule has 0 aliphatic rings. The first-order valence-corrected chi connectivity index (χ1v) is 7.25. The lowest BCUT2D eigenvalue weighted by atomic mass is 10.2. The number of aryl methyl sites for hydroxylation is 2. The Labute approximate surface area is 135 Å². The second-order valence-electron chi connectivity index (χ2n) is 5.13. The van der Waals surface area contributed by atoms with Gasteiger partial charge in [-0.25, -0.2) is 4.79 Å². The van der Waals surface area contributed by atoms with Crippen LogP contribution in [0.25, 0.3) is 0 Å². The van der Waals surface area contributed by atoms with E-state index in [1.54, 1.807) is 12.1 Å². The highest BCUT2D eigenvalue weighted by atomic mass is 16.6. The molecule has 5 nitrogen and oxygen atoms in total. The molecule has 0 saturated carbocycles. The molecule has 0 heterocycles. The molecule has 0 aliphatic heterocycles. The van der Waals surface area contributed by atoms with Crippen molar-refractivity contribution in [1.82, 2.24) is 0 Å². The molecule has 0 spiro atoms. The molecule has 0 aliphatic carbocycles. The molecule has 120 valence electrons. The number of esters is 1. The van der Waals surface area contributed by atoms with E-state index in [0.717, 1.165) is 11.1 Å². The fraction of sp³-hybridized carbons (Fsp3) is 0.222. The topological polar surface area (TPSA) is 64.6 Å². The van der Waals surface area contributed by atoms with Gasteiger partial charge in [0.15, 0.2) is 13.2 Å². The van der Waals surface area contributed by atoms with E-state index in [-0.39, 0.29) is 19.1 Å². The summed E-state index contributed by atoms with van der Waals surface area (Å²) in [6.45, 7) is 3.24. The first kappa shape index (κ1) is 16.5. The molecule has 0 radical (unpaired) electrons. The molecular formula is C18H19NO4. The summed E-state index contributed by atoms with van der Waals surface area (Å²) >= 11 is 0. The summed E-state index contributed by atoms with van der Waals surface area (Å²) < 4.78 is 10.2. The van der Waals surface area contributed by atoms with Crippen molar-refractivity contribution in [2.75, 3.05) is 18.5 Å². The number of nitrogens with one attached hydrogen (secondary N) is 1. The number of benzene rings is 2. The van der Waals surface area contributed by atoms with Gasteiger partial charge in [0.05, 0.1) is 0 Å².